The summed E-state index contributed by atoms with van der Waals surface area (Å²) in [6.07, 6.45) is 0. The molecule has 0 fully saturated rings. The maximum atomic E-state index is 12.0. The van der Waals surface area contributed by atoms with Gasteiger partial charge in [0, 0.05) is 13.1 Å². The molecule has 1 aromatic carbocycles. The molecule has 0 spiro atoms. The normalized spacial score (nSPS) is 12.7. The number of nitrogens with zero attached hydrogens (tertiary/aromatic N) is 1. The zero-order valence-electron chi connectivity index (χ0n) is 11.3. The minimum Gasteiger partial charge on any atom is -0.370 e. The Morgan fingerprint density at radius 2 is 1.95 bits per heavy atom. The van der Waals surface area contributed by atoms with Crippen molar-refractivity contribution >= 4 is 15.8 Å². The molecule has 0 aliphatic rings. The largest absolute Gasteiger partial charge is 0.370 e. The van der Waals surface area contributed by atoms with E-state index in [1.54, 1.807) is 30.3 Å². The van der Waals surface area contributed by atoms with Crippen molar-refractivity contribution in [1.29, 1.82) is 0 Å². The summed E-state index contributed by atoms with van der Waals surface area (Å²) in [5.74, 6) is 0.708. The third-order valence-corrected chi connectivity index (χ3v) is 4.14. The van der Waals surface area contributed by atoms with Gasteiger partial charge in [-0.15, -0.1) is 0 Å². The molecule has 19 heavy (non-hydrogen) atoms. The van der Waals surface area contributed by atoms with Crippen molar-refractivity contribution in [2.45, 2.75) is 18.7 Å². The summed E-state index contributed by atoms with van der Waals surface area (Å²) in [5.41, 5.74) is 5.63. The molecular weight excluding hydrogens is 262 g/mol. The van der Waals surface area contributed by atoms with Crippen LogP contribution in [0.2, 0.25) is 0 Å². The van der Waals surface area contributed by atoms with Gasteiger partial charge < -0.3 is 11.1 Å². The number of nitrogens with two attached hydrogens (primary N) is 1. The van der Waals surface area contributed by atoms with Gasteiger partial charge in [-0.05, 0) is 18.1 Å². The van der Waals surface area contributed by atoms with E-state index < -0.39 is 9.84 Å². The molecule has 0 heterocycles. The Balaban J connectivity index is 2.47. The average molecular weight is 283 g/mol. The van der Waals surface area contributed by atoms with Crippen LogP contribution in [-0.4, -0.2) is 33.2 Å². The molecule has 0 atom stereocenters. The number of nitrogens with one attached hydrogen (secondary N) is 1. The van der Waals surface area contributed by atoms with E-state index in [1.165, 1.54) is 0 Å². The number of sulfone groups is 1. The molecule has 3 N–H and O–H groups in total. The lowest BCUT2D eigenvalue weighted by Crippen LogP contribution is -2.35. The van der Waals surface area contributed by atoms with E-state index in [1.807, 2.05) is 13.8 Å². The molecule has 1 rings (SSSR count). The highest BCUT2D eigenvalue weighted by Crippen LogP contribution is 2.09. The summed E-state index contributed by atoms with van der Waals surface area (Å²) in [4.78, 5) is 4.43. The van der Waals surface area contributed by atoms with Gasteiger partial charge >= 0.3 is 0 Å². The van der Waals surface area contributed by atoms with Gasteiger partial charge in [-0.3, -0.25) is 4.99 Å². The minimum atomic E-state index is -3.26. The monoisotopic (exact) mass is 283 g/mol. The van der Waals surface area contributed by atoms with Gasteiger partial charge in [-0.25, -0.2) is 8.42 Å². The molecule has 0 aliphatic carbocycles. The molecule has 0 aliphatic heterocycles. The molecule has 1 aromatic rings. The highest BCUT2D eigenvalue weighted by molar-refractivity contribution is 7.91. The van der Waals surface area contributed by atoms with Gasteiger partial charge in [0.2, 0.25) is 0 Å². The quantitative estimate of drug-likeness (QED) is 0.603. The Kier molecular flexibility index (Phi) is 5.82. The first kappa shape index (κ1) is 15.5. The second kappa shape index (κ2) is 7.13. The van der Waals surface area contributed by atoms with Crippen LogP contribution in [0.3, 0.4) is 0 Å². The van der Waals surface area contributed by atoms with Gasteiger partial charge in [0.15, 0.2) is 15.8 Å². The lowest BCUT2D eigenvalue weighted by molar-refractivity contribution is 0.594. The molecule has 0 saturated heterocycles. The fourth-order valence-corrected chi connectivity index (χ4v) is 2.57. The Morgan fingerprint density at radius 1 is 1.32 bits per heavy atom. The van der Waals surface area contributed by atoms with Crippen LogP contribution in [0.15, 0.2) is 40.2 Å². The first-order valence-corrected chi connectivity index (χ1v) is 7.88. The maximum absolute atomic E-state index is 12.0. The molecule has 0 bridgehead atoms. The summed E-state index contributed by atoms with van der Waals surface area (Å²) in [5, 5.41) is 2.81. The Labute approximate surface area is 114 Å². The van der Waals surface area contributed by atoms with Crippen molar-refractivity contribution in [1.82, 2.24) is 5.32 Å². The summed E-state index contributed by atoms with van der Waals surface area (Å²) < 4.78 is 23.9. The lowest BCUT2D eigenvalue weighted by Gasteiger charge is -2.07. The third-order valence-electron chi connectivity index (χ3n) is 2.41. The number of benzene rings is 1. The predicted molar refractivity (Wildman–Crippen MR) is 77.8 cm³/mol. The van der Waals surface area contributed by atoms with E-state index in [-0.39, 0.29) is 18.3 Å². The van der Waals surface area contributed by atoms with Crippen LogP contribution >= 0.6 is 0 Å². The second-order valence-electron chi connectivity index (χ2n) is 4.68. The number of rotatable bonds is 6. The summed E-state index contributed by atoms with van der Waals surface area (Å²) in [6.45, 7) is 4.96. The van der Waals surface area contributed by atoms with Gasteiger partial charge in [-0.1, -0.05) is 32.0 Å². The molecule has 0 unspecified atom stereocenters. The summed E-state index contributed by atoms with van der Waals surface area (Å²) in [7, 11) is -3.26. The van der Waals surface area contributed by atoms with Gasteiger partial charge in [-0.2, -0.15) is 0 Å². The summed E-state index contributed by atoms with van der Waals surface area (Å²) >= 11 is 0. The topological polar surface area (TPSA) is 84.5 Å². The van der Waals surface area contributed by atoms with Crippen LogP contribution < -0.4 is 11.1 Å². The van der Waals surface area contributed by atoms with Crippen LogP contribution in [0.25, 0.3) is 0 Å². The van der Waals surface area contributed by atoms with Crippen molar-refractivity contribution < 1.29 is 8.42 Å². The van der Waals surface area contributed by atoms with Gasteiger partial charge in [0.25, 0.3) is 0 Å². The fourth-order valence-electron chi connectivity index (χ4n) is 1.40. The second-order valence-corrected chi connectivity index (χ2v) is 6.79. The third kappa shape index (κ3) is 5.74. The van der Waals surface area contributed by atoms with E-state index in [0.29, 0.717) is 17.4 Å². The van der Waals surface area contributed by atoms with Crippen molar-refractivity contribution in [3.8, 4) is 0 Å². The first-order valence-electron chi connectivity index (χ1n) is 6.23. The number of aliphatic imine (C=N–C) groups is 1. The summed E-state index contributed by atoms with van der Waals surface area (Å²) in [6, 6.07) is 8.38. The Morgan fingerprint density at radius 3 is 2.53 bits per heavy atom. The smallest absolute Gasteiger partial charge is 0.188 e. The SMILES string of the molecule is CC(C)CN=C(N)NCCS(=O)(=O)c1ccccc1. The number of hydrogen-bond acceptors (Lipinski definition) is 3. The van der Waals surface area contributed by atoms with Crippen LogP contribution in [0.4, 0.5) is 0 Å². The highest BCUT2D eigenvalue weighted by Gasteiger charge is 2.13. The zero-order chi connectivity index (χ0) is 14.3. The minimum absolute atomic E-state index is 0.00505. The number of guanidine groups is 1. The Bertz CT molecular complexity index is 510. The fraction of sp³-hybridized carbons (Fsp3) is 0.462. The van der Waals surface area contributed by atoms with E-state index in [4.69, 9.17) is 5.73 Å². The van der Waals surface area contributed by atoms with Crippen molar-refractivity contribution in [3.05, 3.63) is 30.3 Å². The molecule has 0 saturated carbocycles. The standard InChI is InChI=1S/C13H21N3O2S/c1-11(2)10-16-13(14)15-8-9-19(17,18)12-6-4-3-5-7-12/h3-7,11H,8-10H2,1-2H3,(H3,14,15,16). The van der Waals surface area contributed by atoms with Crippen molar-refractivity contribution in [3.63, 3.8) is 0 Å². The molecule has 0 aromatic heterocycles. The van der Waals surface area contributed by atoms with Crippen LogP contribution in [-0.2, 0) is 9.84 Å². The van der Waals surface area contributed by atoms with E-state index in [9.17, 15) is 8.42 Å². The zero-order valence-corrected chi connectivity index (χ0v) is 12.2. The molecule has 5 nitrogen and oxygen atoms in total. The molecule has 6 heteroatoms. The van der Waals surface area contributed by atoms with Crippen LogP contribution in [0, 0.1) is 5.92 Å². The lowest BCUT2D eigenvalue weighted by atomic mass is 10.2. The molecule has 0 radical (unpaired) electrons. The van der Waals surface area contributed by atoms with Crippen LogP contribution in [0.1, 0.15) is 13.8 Å². The number of hydrogen-bond donors (Lipinski definition) is 2. The van der Waals surface area contributed by atoms with Crippen LogP contribution in [0.5, 0.6) is 0 Å². The average Bonchev–Trinajstić information content (AvgIpc) is 2.37. The molecule has 106 valence electrons. The predicted octanol–water partition coefficient (Wildman–Crippen LogP) is 1.02. The Hall–Kier alpha value is -1.56. The molecule has 0 amide bonds. The van der Waals surface area contributed by atoms with Crippen molar-refractivity contribution in [2.24, 2.45) is 16.6 Å². The van der Waals surface area contributed by atoms with E-state index >= 15 is 0 Å². The van der Waals surface area contributed by atoms with E-state index in [0.717, 1.165) is 0 Å². The van der Waals surface area contributed by atoms with Gasteiger partial charge in [0.1, 0.15) is 0 Å². The van der Waals surface area contributed by atoms with Gasteiger partial charge in [0.05, 0.1) is 10.6 Å². The highest BCUT2D eigenvalue weighted by atomic mass is 32.2. The first-order chi connectivity index (χ1) is 8.92. The van der Waals surface area contributed by atoms with Crippen molar-refractivity contribution in [2.75, 3.05) is 18.8 Å². The van der Waals surface area contributed by atoms with E-state index in [2.05, 4.69) is 10.3 Å². The molecular formula is C13H21N3O2S. The maximum Gasteiger partial charge on any atom is 0.188 e.